The van der Waals surface area contributed by atoms with Gasteiger partial charge in [0.25, 0.3) is 0 Å². The van der Waals surface area contributed by atoms with Gasteiger partial charge in [-0.15, -0.1) is 0 Å². The number of hydrogen-bond donors (Lipinski definition) is 1. The van der Waals surface area contributed by atoms with Gasteiger partial charge in [-0.2, -0.15) is 0 Å². The lowest BCUT2D eigenvalue weighted by molar-refractivity contribution is -0.156. The molecule has 2 fully saturated rings. The van der Waals surface area contributed by atoms with E-state index < -0.39 is 5.54 Å². The number of nitrogens with zero attached hydrogens (tertiary/aromatic N) is 1. The van der Waals surface area contributed by atoms with Crippen LogP contribution in [0, 0.1) is 0 Å². The summed E-state index contributed by atoms with van der Waals surface area (Å²) in [6.07, 6.45) is 8.87. The van der Waals surface area contributed by atoms with E-state index in [0.29, 0.717) is 6.42 Å². The van der Waals surface area contributed by atoms with Crippen LogP contribution < -0.4 is 5.32 Å². The van der Waals surface area contributed by atoms with Gasteiger partial charge >= 0.3 is 0 Å². The lowest BCUT2D eigenvalue weighted by Crippen LogP contribution is -2.70. The quantitative estimate of drug-likeness (QED) is 0.787. The molecule has 1 aliphatic heterocycles. The minimum atomic E-state index is -0.576. The lowest BCUT2D eigenvalue weighted by atomic mass is 9.78. The second-order valence-electron chi connectivity index (χ2n) is 6.26. The Labute approximate surface area is 122 Å². The molecule has 2 aliphatic rings. The summed E-state index contributed by atoms with van der Waals surface area (Å²) in [4.78, 5) is 27.2. The highest BCUT2D eigenvalue weighted by Crippen LogP contribution is 2.33. The molecule has 4 nitrogen and oxygen atoms in total. The van der Waals surface area contributed by atoms with Crippen molar-refractivity contribution >= 4 is 11.8 Å². The van der Waals surface area contributed by atoms with Crippen LogP contribution >= 0.6 is 0 Å². The number of carbonyl (C=O) groups excluding carboxylic acids is 2. The Morgan fingerprint density at radius 2 is 1.85 bits per heavy atom. The fraction of sp³-hybridized carbons (Fsp3) is 0.875. The zero-order chi connectivity index (χ0) is 14.6. The molecular weight excluding hydrogens is 252 g/mol. The topological polar surface area (TPSA) is 49.4 Å². The third-order valence-electron chi connectivity index (χ3n) is 4.81. The van der Waals surface area contributed by atoms with Crippen molar-refractivity contribution in [2.45, 2.75) is 83.2 Å². The fourth-order valence-electron chi connectivity index (χ4n) is 3.62. The zero-order valence-electron chi connectivity index (χ0n) is 12.9. The molecule has 2 rings (SSSR count). The summed E-state index contributed by atoms with van der Waals surface area (Å²) in [6, 6.07) is -0.257. The summed E-state index contributed by atoms with van der Waals surface area (Å²) in [5, 5.41) is 3.07. The largest absolute Gasteiger partial charge is 0.340 e. The van der Waals surface area contributed by atoms with Gasteiger partial charge in [0, 0.05) is 6.54 Å². The Balaban J connectivity index is 2.15. The first-order chi connectivity index (χ1) is 9.64. The van der Waals surface area contributed by atoms with Crippen molar-refractivity contribution in [3.63, 3.8) is 0 Å². The number of unbranched alkanes of at least 4 members (excludes halogenated alkanes) is 2. The summed E-state index contributed by atoms with van der Waals surface area (Å²) in [6.45, 7) is 4.88. The smallest absolute Gasteiger partial charge is 0.249 e. The third-order valence-corrected chi connectivity index (χ3v) is 4.81. The Bertz CT molecular complexity index is 361. The van der Waals surface area contributed by atoms with Crippen molar-refractivity contribution in [2.24, 2.45) is 0 Å². The third kappa shape index (κ3) is 2.84. The maximum absolute atomic E-state index is 12.9. The van der Waals surface area contributed by atoms with Gasteiger partial charge in [-0.1, -0.05) is 46.0 Å². The van der Waals surface area contributed by atoms with E-state index in [0.717, 1.165) is 51.5 Å². The molecule has 1 unspecified atom stereocenters. The molecule has 114 valence electrons. The van der Waals surface area contributed by atoms with E-state index in [1.807, 2.05) is 11.8 Å². The Hall–Kier alpha value is -1.06. The summed E-state index contributed by atoms with van der Waals surface area (Å²) >= 11 is 0. The first kappa shape index (κ1) is 15.3. The normalized spacial score (nSPS) is 25.9. The Morgan fingerprint density at radius 3 is 2.45 bits per heavy atom. The highest BCUT2D eigenvalue weighted by atomic mass is 16.2. The first-order valence-corrected chi connectivity index (χ1v) is 8.27. The molecule has 0 aromatic heterocycles. The molecule has 1 aliphatic carbocycles. The molecular formula is C16H28N2O2. The van der Waals surface area contributed by atoms with E-state index in [2.05, 4.69) is 12.2 Å². The average Bonchev–Trinajstić information content (AvgIpc) is 2.45. The van der Waals surface area contributed by atoms with E-state index in [-0.39, 0.29) is 17.9 Å². The molecule has 1 N–H and O–H groups in total. The number of amides is 2. The fourth-order valence-corrected chi connectivity index (χ4v) is 3.62. The van der Waals surface area contributed by atoms with Crippen LogP contribution in [0.4, 0.5) is 0 Å². The second-order valence-corrected chi connectivity index (χ2v) is 6.26. The number of hydrogen-bond acceptors (Lipinski definition) is 2. The van der Waals surface area contributed by atoms with Crippen molar-refractivity contribution < 1.29 is 9.59 Å². The summed E-state index contributed by atoms with van der Waals surface area (Å²) < 4.78 is 0. The molecule has 0 aromatic rings. The van der Waals surface area contributed by atoms with Gasteiger partial charge in [0.1, 0.15) is 11.6 Å². The van der Waals surface area contributed by atoms with Crippen LogP contribution in [-0.4, -0.2) is 34.8 Å². The van der Waals surface area contributed by atoms with Crippen LogP contribution in [0.15, 0.2) is 0 Å². The van der Waals surface area contributed by atoms with Gasteiger partial charge in [0.2, 0.25) is 11.8 Å². The Kier molecular flexibility index (Phi) is 5.06. The maximum atomic E-state index is 12.9. The zero-order valence-corrected chi connectivity index (χ0v) is 12.9. The molecule has 2 amide bonds. The van der Waals surface area contributed by atoms with E-state index in [1.54, 1.807) is 0 Å². The summed E-state index contributed by atoms with van der Waals surface area (Å²) in [5.74, 6) is 0.241. The molecule has 0 bridgehead atoms. The van der Waals surface area contributed by atoms with Crippen LogP contribution in [0.3, 0.4) is 0 Å². The number of piperazine rings is 1. The molecule has 20 heavy (non-hydrogen) atoms. The Morgan fingerprint density at radius 1 is 1.15 bits per heavy atom. The summed E-state index contributed by atoms with van der Waals surface area (Å²) in [7, 11) is 0. The number of carbonyl (C=O) groups is 2. The van der Waals surface area contributed by atoms with Crippen LogP contribution in [0.25, 0.3) is 0 Å². The first-order valence-electron chi connectivity index (χ1n) is 8.27. The minimum Gasteiger partial charge on any atom is -0.340 e. The van der Waals surface area contributed by atoms with Crippen LogP contribution in [-0.2, 0) is 9.59 Å². The molecule has 0 aromatic carbocycles. The van der Waals surface area contributed by atoms with Gasteiger partial charge in [-0.05, 0) is 25.7 Å². The van der Waals surface area contributed by atoms with E-state index in [1.165, 1.54) is 6.42 Å². The van der Waals surface area contributed by atoms with Gasteiger partial charge in [0.05, 0.1) is 0 Å². The molecule has 1 saturated carbocycles. The standard InChI is InChI=1S/C16H28N2O2/c1-3-5-9-12-18-13(4-2)14(19)17-16(15(18)20)10-7-6-8-11-16/h13H,3-12H2,1-2H3,(H,17,19). The molecule has 1 atom stereocenters. The van der Waals surface area contributed by atoms with Crippen molar-refractivity contribution in [2.75, 3.05) is 6.54 Å². The summed E-state index contributed by atoms with van der Waals surface area (Å²) in [5.41, 5.74) is -0.576. The van der Waals surface area contributed by atoms with Crippen molar-refractivity contribution in [1.82, 2.24) is 10.2 Å². The predicted molar refractivity (Wildman–Crippen MR) is 79.3 cm³/mol. The monoisotopic (exact) mass is 280 g/mol. The van der Waals surface area contributed by atoms with Gasteiger partial charge in [-0.25, -0.2) is 0 Å². The van der Waals surface area contributed by atoms with Gasteiger partial charge in [-0.3, -0.25) is 9.59 Å². The molecule has 1 heterocycles. The minimum absolute atomic E-state index is 0.0606. The van der Waals surface area contributed by atoms with E-state index in [4.69, 9.17) is 0 Å². The van der Waals surface area contributed by atoms with Gasteiger partial charge in [0.15, 0.2) is 0 Å². The van der Waals surface area contributed by atoms with Crippen LogP contribution in [0.1, 0.15) is 71.6 Å². The molecule has 1 saturated heterocycles. The second kappa shape index (κ2) is 6.59. The maximum Gasteiger partial charge on any atom is 0.249 e. The van der Waals surface area contributed by atoms with Crippen molar-refractivity contribution in [1.29, 1.82) is 0 Å². The van der Waals surface area contributed by atoms with Gasteiger partial charge < -0.3 is 10.2 Å². The molecule has 4 heteroatoms. The highest BCUT2D eigenvalue weighted by molar-refractivity contribution is 5.99. The highest BCUT2D eigenvalue weighted by Gasteiger charge is 2.50. The lowest BCUT2D eigenvalue weighted by Gasteiger charge is -2.47. The number of nitrogens with one attached hydrogen (secondary N) is 1. The van der Waals surface area contributed by atoms with Crippen molar-refractivity contribution in [3.05, 3.63) is 0 Å². The van der Waals surface area contributed by atoms with E-state index in [9.17, 15) is 9.59 Å². The number of rotatable bonds is 5. The van der Waals surface area contributed by atoms with Crippen molar-refractivity contribution in [3.8, 4) is 0 Å². The molecule has 0 radical (unpaired) electrons. The van der Waals surface area contributed by atoms with Crippen LogP contribution in [0.5, 0.6) is 0 Å². The van der Waals surface area contributed by atoms with E-state index >= 15 is 0 Å². The predicted octanol–water partition coefficient (Wildman–Crippen LogP) is 2.62. The molecule has 1 spiro atoms. The average molecular weight is 280 g/mol. The van der Waals surface area contributed by atoms with Crippen LogP contribution in [0.2, 0.25) is 0 Å². The SMILES string of the molecule is CCCCCN1C(=O)C2(CCCCC2)NC(=O)C1CC.